The Kier molecular flexibility index (Phi) is 6.07. The first-order valence-electron chi connectivity index (χ1n) is 8.28. The Bertz CT molecular complexity index is 939. The van der Waals surface area contributed by atoms with Crippen LogP contribution in [-0.4, -0.2) is 26.3 Å². The molecule has 0 aliphatic carbocycles. The standard InChI is InChI=1S/C18H23N3O5S/c1-10-9-11(2)13(4)16(12(10)3)27(24,25)21-14(5)17(22)19-20-18(23)15-7-6-8-26-15/h6-9,14,21H,1-5H3,(H,19,22)(H,20,23)/t14-/m1/s1. The van der Waals surface area contributed by atoms with E-state index >= 15 is 0 Å². The Labute approximate surface area is 158 Å². The molecule has 2 aromatic rings. The molecule has 1 atom stereocenters. The second-order valence-corrected chi connectivity index (χ2v) is 8.00. The zero-order chi connectivity index (χ0) is 20.4. The van der Waals surface area contributed by atoms with Crippen LogP contribution in [0, 0.1) is 27.7 Å². The number of sulfonamides is 1. The number of hydrogen-bond acceptors (Lipinski definition) is 5. The Balaban J connectivity index is 2.11. The van der Waals surface area contributed by atoms with E-state index in [1.807, 2.05) is 19.9 Å². The summed E-state index contributed by atoms with van der Waals surface area (Å²) in [5.41, 5.74) is 7.29. The molecule has 0 saturated carbocycles. The number of aryl methyl sites for hydroxylation is 2. The minimum Gasteiger partial charge on any atom is -0.459 e. The normalized spacial score (nSPS) is 12.5. The molecule has 2 rings (SSSR count). The van der Waals surface area contributed by atoms with Crippen molar-refractivity contribution in [3.8, 4) is 0 Å². The Morgan fingerprint density at radius 3 is 2.15 bits per heavy atom. The van der Waals surface area contributed by atoms with E-state index in [1.165, 1.54) is 25.3 Å². The van der Waals surface area contributed by atoms with Crippen LogP contribution in [0.4, 0.5) is 0 Å². The molecule has 0 spiro atoms. The lowest BCUT2D eigenvalue weighted by molar-refractivity contribution is -0.123. The van der Waals surface area contributed by atoms with Crippen LogP contribution >= 0.6 is 0 Å². The summed E-state index contributed by atoms with van der Waals surface area (Å²) < 4.78 is 32.9. The van der Waals surface area contributed by atoms with E-state index in [2.05, 4.69) is 15.6 Å². The summed E-state index contributed by atoms with van der Waals surface area (Å²) in [6.07, 6.45) is 1.32. The number of rotatable bonds is 5. The molecule has 2 amide bonds. The van der Waals surface area contributed by atoms with Gasteiger partial charge in [0.1, 0.15) is 0 Å². The zero-order valence-electron chi connectivity index (χ0n) is 15.8. The number of nitrogens with one attached hydrogen (secondary N) is 3. The fraction of sp³-hybridized carbons (Fsp3) is 0.333. The van der Waals surface area contributed by atoms with Gasteiger partial charge >= 0.3 is 5.91 Å². The van der Waals surface area contributed by atoms with Crippen molar-refractivity contribution in [2.75, 3.05) is 0 Å². The summed E-state index contributed by atoms with van der Waals surface area (Å²) in [5.74, 6) is -1.34. The topological polar surface area (TPSA) is 118 Å². The number of carbonyl (C=O) groups is 2. The SMILES string of the molecule is Cc1cc(C)c(C)c(S(=O)(=O)N[C@H](C)C(=O)NNC(=O)c2ccco2)c1C. The smallest absolute Gasteiger partial charge is 0.305 e. The fourth-order valence-electron chi connectivity index (χ4n) is 2.62. The first-order valence-corrected chi connectivity index (χ1v) is 9.76. The van der Waals surface area contributed by atoms with E-state index in [-0.39, 0.29) is 10.7 Å². The van der Waals surface area contributed by atoms with Crippen molar-refractivity contribution in [3.63, 3.8) is 0 Å². The van der Waals surface area contributed by atoms with Gasteiger partial charge in [0.2, 0.25) is 10.0 Å². The maximum Gasteiger partial charge on any atom is 0.305 e. The highest BCUT2D eigenvalue weighted by Gasteiger charge is 2.26. The summed E-state index contributed by atoms with van der Waals surface area (Å²) in [6.45, 7) is 8.51. The van der Waals surface area contributed by atoms with Crippen molar-refractivity contribution in [1.29, 1.82) is 0 Å². The number of amides is 2. The second-order valence-electron chi connectivity index (χ2n) is 6.35. The maximum absolute atomic E-state index is 12.8. The number of benzene rings is 1. The van der Waals surface area contributed by atoms with E-state index in [4.69, 9.17) is 4.42 Å². The zero-order valence-corrected chi connectivity index (χ0v) is 16.7. The molecule has 9 heteroatoms. The van der Waals surface area contributed by atoms with Crippen molar-refractivity contribution in [1.82, 2.24) is 15.6 Å². The predicted octanol–water partition coefficient (Wildman–Crippen LogP) is 1.64. The fourth-order valence-corrected chi connectivity index (χ4v) is 4.44. The lowest BCUT2D eigenvalue weighted by atomic mass is 10.0. The van der Waals surface area contributed by atoms with Gasteiger partial charge in [-0.25, -0.2) is 8.42 Å². The minimum atomic E-state index is -3.93. The molecule has 0 aliphatic heterocycles. The molecular formula is C18H23N3O5S. The molecule has 1 aromatic carbocycles. The molecule has 146 valence electrons. The number of hydrogen-bond donors (Lipinski definition) is 3. The second kappa shape index (κ2) is 7.93. The van der Waals surface area contributed by atoms with Crippen molar-refractivity contribution in [3.05, 3.63) is 52.5 Å². The molecule has 1 aromatic heterocycles. The Hall–Kier alpha value is -2.65. The van der Waals surface area contributed by atoms with Crippen LogP contribution < -0.4 is 15.6 Å². The molecule has 0 fully saturated rings. The Morgan fingerprint density at radius 2 is 1.63 bits per heavy atom. The molecular weight excluding hydrogens is 370 g/mol. The third kappa shape index (κ3) is 4.55. The lowest BCUT2D eigenvalue weighted by Crippen LogP contribution is -2.51. The molecule has 27 heavy (non-hydrogen) atoms. The van der Waals surface area contributed by atoms with Gasteiger partial charge < -0.3 is 4.42 Å². The monoisotopic (exact) mass is 393 g/mol. The van der Waals surface area contributed by atoms with Crippen molar-refractivity contribution >= 4 is 21.8 Å². The molecule has 0 unspecified atom stereocenters. The van der Waals surface area contributed by atoms with Crippen molar-refractivity contribution in [2.45, 2.75) is 45.6 Å². The molecule has 1 heterocycles. The third-order valence-electron chi connectivity index (χ3n) is 4.34. The lowest BCUT2D eigenvalue weighted by Gasteiger charge is -2.19. The van der Waals surface area contributed by atoms with Gasteiger partial charge in [-0.2, -0.15) is 4.72 Å². The van der Waals surface area contributed by atoms with E-state index in [0.717, 1.165) is 11.1 Å². The summed E-state index contributed by atoms with van der Waals surface area (Å²) in [5, 5.41) is 0. The summed E-state index contributed by atoms with van der Waals surface area (Å²) in [7, 11) is -3.93. The largest absolute Gasteiger partial charge is 0.459 e. The van der Waals surface area contributed by atoms with Crippen LogP contribution in [0.1, 0.15) is 39.7 Å². The third-order valence-corrected chi connectivity index (χ3v) is 6.15. The van der Waals surface area contributed by atoms with Crippen LogP contribution in [0.25, 0.3) is 0 Å². The van der Waals surface area contributed by atoms with E-state index in [0.29, 0.717) is 11.1 Å². The van der Waals surface area contributed by atoms with Crippen molar-refractivity contribution in [2.24, 2.45) is 0 Å². The molecule has 0 radical (unpaired) electrons. The van der Waals surface area contributed by atoms with Gasteiger partial charge in [0.15, 0.2) is 5.76 Å². The van der Waals surface area contributed by atoms with Crippen LogP contribution in [-0.2, 0) is 14.8 Å². The highest BCUT2D eigenvalue weighted by Crippen LogP contribution is 2.26. The number of hydrazine groups is 1. The van der Waals surface area contributed by atoms with Crippen LogP contribution in [0.15, 0.2) is 33.8 Å². The van der Waals surface area contributed by atoms with Crippen LogP contribution in [0.2, 0.25) is 0 Å². The van der Waals surface area contributed by atoms with Crippen LogP contribution in [0.5, 0.6) is 0 Å². The van der Waals surface area contributed by atoms with Crippen molar-refractivity contribution < 1.29 is 22.4 Å². The first-order chi connectivity index (χ1) is 12.5. The van der Waals surface area contributed by atoms with E-state index in [1.54, 1.807) is 13.8 Å². The Morgan fingerprint density at radius 1 is 1.04 bits per heavy atom. The first kappa shape index (κ1) is 20.7. The maximum atomic E-state index is 12.8. The highest BCUT2D eigenvalue weighted by molar-refractivity contribution is 7.89. The van der Waals surface area contributed by atoms with Gasteiger partial charge in [0.25, 0.3) is 5.91 Å². The van der Waals surface area contributed by atoms with Crippen LogP contribution in [0.3, 0.4) is 0 Å². The van der Waals surface area contributed by atoms with E-state index in [9.17, 15) is 18.0 Å². The number of furan rings is 1. The van der Waals surface area contributed by atoms with Gasteiger partial charge in [-0.15, -0.1) is 0 Å². The predicted molar refractivity (Wildman–Crippen MR) is 99.5 cm³/mol. The van der Waals surface area contributed by atoms with Gasteiger partial charge in [0, 0.05) is 0 Å². The summed E-state index contributed by atoms with van der Waals surface area (Å²) in [6, 6.07) is 3.78. The quantitative estimate of drug-likeness (QED) is 0.668. The molecule has 0 aliphatic rings. The average molecular weight is 393 g/mol. The highest BCUT2D eigenvalue weighted by atomic mass is 32.2. The summed E-state index contributed by atoms with van der Waals surface area (Å²) >= 11 is 0. The molecule has 0 bridgehead atoms. The molecule has 3 N–H and O–H groups in total. The molecule has 0 saturated heterocycles. The average Bonchev–Trinajstić information content (AvgIpc) is 3.11. The van der Waals surface area contributed by atoms with Gasteiger partial charge in [-0.05, 0) is 69.0 Å². The van der Waals surface area contributed by atoms with E-state index < -0.39 is 27.9 Å². The number of carbonyl (C=O) groups excluding carboxylic acids is 2. The van der Waals surface area contributed by atoms with Gasteiger partial charge in [-0.3, -0.25) is 20.4 Å². The van der Waals surface area contributed by atoms with Gasteiger partial charge in [0.05, 0.1) is 17.2 Å². The summed E-state index contributed by atoms with van der Waals surface area (Å²) in [4.78, 5) is 24.1. The molecule has 8 nitrogen and oxygen atoms in total. The minimum absolute atomic E-state index is 0.0185. The van der Waals surface area contributed by atoms with Gasteiger partial charge in [-0.1, -0.05) is 6.07 Å².